The first-order valence-corrected chi connectivity index (χ1v) is 4.63. The van der Waals surface area contributed by atoms with Gasteiger partial charge in [-0.05, 0) is 6.42 Å². The van der Waals surface area contributed by atoms with Crippen LogP contribution in [-0.4, -0.2) is 61.5 Å². The van der Waals surface area contributed by atoms with Crippen LogP contribution in [0, 0.1) is 12.3 Å². The molecule has 0 bridgehead atoms. The van der Waals surface area contributed by atoms with E-state index in [1.807, 2.05) is 0 Å². The van der Waals surface area contributed by atoms with Gasteiger partial charge in [-0.3, -0.25) is 4.55 Å². The zero-order chi connectivity index (χ0) is 8.74. The van der Waals surface area contributed by atoms with Gasteiger partial charge >= 0.3 is 0 Å². The minimum absolute atomic E-state index is 0. The maximum atomic E-state index is 10.1. The van der Waals surface area contributed by atoms with Crippen LogP contribution < -0.4 is 0 Å². The van der Waals surface area contributed by atoms with Gasteiger partial charge in [0.15, 0.2) is 0 Å². The maximum Gasteiger partial charge on any atom is 0.264 e. The molecular weight excluding hydrogens is 191 g/mol. The largest absolute Gasteiger partial charge is 0.369 e. The van der Waals surface area contributed by atoms with Crippen LogP contribution in [0.3, 0.4) is 0 Å². The summed E-state index contributed by atoms with van der Waals surface area (Å²) in [5.74, 6) is 1.95. The van der Waals surface area contributed by atoms with Gasteiger partial charge in [0.1, 0.15) is 6.61 Å². The number of ether oxygens (including phenoxy) is 1. The van der Waals surface area contributed by atoms with Crippen LogP contribution in [0.5, 0.6) is 0 Å². The summed E-state index contributed by atoms with van der Waals surface area (Å²) in [5, 5.41) is 0. The van der Waals surface area contributed by atoms with E-state index < -0.39 is 10.1 Å². The second-order valence-electron chi connectivity index (χ2n) is 1.90. The molecule has 1 N–H and O–H groups in total. The van der Waals surface area contributed by atoms with Gasteiger partial charge in [0.05, 0.1) is 5.75 Å². The number of terminal acetylenes is 1. The molecule has 6 heteroatoms. The molecular formula is C6H10NaO4S. The normalized spacial score (nSPS) is 10.0. The molecule has 0 spiro atoms. The molecule has 0 heterocycles. The molecule has 0 atom stereocenters. The molecule has 12 heavy (non-hydrogen) atoms. The van der Waals surface area contributed by atoms with Gasteiger partial charge in [-0.15, -0.1) is 6.42 Å². The third kappa shape index (κ3) is 13.1. The van der Waals surface area contributed by atoms with Crippen molar-refractivity contribution in [3.63, 3.8) is 0 Å². The van der Waals surface area contributed by atoms with Gasteiger partial charge in [0.25, 0.3) is 10.1 Å². The van der Waals surface area contributed by atoms with Crippen molar-refractivity contribution in [2.75, 3.05) is 19.0 Å². The second kappa shape index (κ2) is 8.05. The molecule has 0 rings (SSSR count). The summed E-state index contributed by atoms with van der Waals surface area (Å²) in [5.41, 5.74) is 0. The van der Waals surface area contributed by atoms with Crippen molar-refractivity contribution in [2.24, 2.45) is 0 Å². The third-order valence-corrected chi connectivity index (χ3v) is 1.68. The number of hydrogen-bond acceptors (Lipinski definition) is 3. The molecule has 0 aliphatic carbocycles. The zero-order valence-electron chi connectivity index (χ0n) is 6.99. The molecule has 65 valence electrons. The summed E-state index contributed by atoms with van der Waals surface area (Å²) in [6.07, 6.45) is 5.12. The Morgan fingerprint density at radius 1 is 1.50 bits per heavy atom. The van der Waals surface area contributed by atoms with Crippen molar-refractivity contribution in [1.29, 1.82) is 0 Å². The Morgan fingerprint density at radius 3 is 2.50 bits per heavy atom. The summed E-state index contributed by atoms with van der Waals surface area (Å²) in [6, 6.07) is 0. The van der Waals surface area contributed by atoms with Crippen molar-refractivity contribution in [3.8, 4) is 12.3 Å². The maximum absolute atomic E-state index is 10.1. The van der Waals surface area contributed by atoms with Gasteiger partial charge in [-0.1, -0.05) is 5.92 Å². The average Bonchev–Trinajstić information content (AvgIpc) is 1.85. The smallest absolute Gasteiger partial charge is 0.264 e. The first-order valence-electron chi connectivity index (χ1n) is 3.02. The summed E-state index contributed by atoms with van der Waals surface area (Å²) in [4.78, 5) is 0. The summed E-state index contributed by atoms with van der Waals surface area (Å²) >= 11 is 0. The Hall–Kier alpha value is 0.430. The molecule has 0 aromatic rings. The van der Waals surface area contributed by atoms with Crippen LogP contribution in [0.4, 0.5) is 0 Å². The van der Waals surface area contributed by atoms with Gasteiger partial charge in [0.2, 0.25) is 0 Å². The summed E-state index contributed by atoms with van der Waals surface area (Å²) in [7, 11) is -3.84. The van der Waals surface area contributed by atoms with Gasteiger partial charge < -0.3 is 4.74 Å². The van der Waals surface area contributed by atoms with Gasteiger partial charge in [-0.2, -0.15) is 8.42 Å². The summed E-state index contributed by atoms with van der Waals surface area (Å²) < 4.78 is 33.3. The van der Waals surface area contributed by atoms with E-state index >= 15 is 0 Å². The van der Waals surface area contributed by atoms with E-state index in [2.05, 4.69) is 5.92 Å². The number of rotatable bonds is 5. The first kappa shape index (κ1) is 14.9. The minimum atomic E-state index is -3.84. The van der Waals surface area contributed by atoms with Gasteiger partial charge in [0, 0.05) is 36.2 Å². The molecule has 0 aromatic carbocycles. The molecule has 0 amide bonds. The molecule has 0 aliphatic heterocycles. The quantitative estimate of drug-likeness (QED) is 0.283. The third-order valence-electron chi connectivity index (χ3n) is 0.876. The van der Waals surface area contributed by atoms with Crippen LogP contribution >= 0.6 is 0 Å². The van der Waals surface area contributed by atoms with E-state index in [4.69, 9.17) is 15.7 Å². The Labute approximate surface area is 94.7 Å². The van der Waals surface area contributed by atoms with Gasteiger partial charge in [-0.25, -0.2) is 0 Å². The Balaban J connectivity index is 0. The molecule has 0 aromatic heterocycles. The van der Waals surface area contributed by atoms with E-state index in [9.17, 15) is 8.42 Å². The molecule has 0 saturated heterocycles. The van der Waals surface area contributed by atoms with Crippen LogP contribution in [0.25, 0.3) is 0 Å². The minimum Gasteiger partial charge on any atom is -0.369 e. The Morgan fingerprint density at radius 2 is 2.08 bits per heavy atom. The Kier molecular flexibility index (Phi) is 10.0. The first-order chi connectivity index (χ1) is 5.06. The predicted molar refractivity (Wildman–Crippen MR) is 46.4 cm³/mol. The van der Waals surface area contributed by atoms with E-state index in [0.717, 1.165) is 0 Å². The molecule has 0 aliphatic rings. The van der Waals surface area contributed by atoms with E-state index in [-0.39, 0.29) is 54.9 Å². The molecule has 0 unspecified atom stereocenters. The molecule has 0 saturated carbocycles. The molecule has 4 nitrogen and oxygen atoms in total. The number of hydrogen-bond donors (Lipinski definition) is 1. The van der Waals surface area contributed by atoms with Crippen molar-refractivity contribution in [1.82, 2.24) is 0 Å². The van der Waals surface area contributed by atoms with E-state index in [1.54, 1.807) is 0 Å². The second-order valence-corrected chi connectivity index (χ2v) is 3.47. The van der Waals surface area contributed by atoms with Crippen LogP contribution in [-0.2, 0) is 14.9 Å². The summed E-state index contributed by atoms with van der Waals surface area (Å²) in [6.45, 7) is 0.426. The predicted octanol–water partition coefficient (Wildman–Crippen LogP) is -0.467. The standard InChI is InChI=1S/C6H10O4S.Na/c1-2-4-10-5-3-6-11(7,8)9;/h1H,3-6H2,(H,7,8,9);. The van der Waals surface area contributed by atoms with Crippen LogP contribution in [0.1, 0.15) is 6.42 Å². The van der Waals surface area contributed by atoms with Crippen molar-refractivity contribution in [2.45, 2.75) is 6.42 Å². The van der Waals surface area contributed by atoms with E-state index in [1.165, 1.54) is 0 Å². The van der Waals surface area contributed by atoms with Crippen LogP contribution in [0.2, 0.25) is 0 Å². The SMILES string of the molecule is C#CCOCCCS(=O)(=O)O.[Na]. The van der Waals surface area contributed by atoms with Crippen molar-refractivity contribution in [3.05, 3.63) is 0 Å². The van der Waals surface area contributed by atoms with E-state index in [0.29, 0.717) is 0 Å². The van der Waals surface area contributed by atoms with Crippen LogP contribution in [0.15, 0.2) is 0 Å². The van der Waals surface area contributed by atoms with Crippen molar-refractivity contribution < 1.29 is 17.7 Å². The van der Waals surface area contributed by atoms with Crippen molar-refractivity contribution >= 4 is 39.7 Å². The average molecular weight is 201 g/mol. The fraction of sp³-hybridized carbons (Fsp3) is 0.667. The fourth-order valence-electron chi connectivity index (χ4n) is 0.474. The Bertz CT molecular complexity index is 228. The fourth-order valence-corrected chi connectivity index (χ4v) is 0.957. The molecule has 1 radical (unpaired) electrons. The topological polar surface area (TPSA) is 63.6 Å². The monoisotopic (exact) mass is 201 g/mol. The zero-order valence-corrected chi connectivity index (χ0v) is 9.80. The molecule has 0 fully saturated rings.